The molecule has 5 fully saturated rings. The minimum atomic E-state index is 0.300. The topological polar surface area (TPSA) is 29.3 Å². The van der Waals surface area contributed by atoms with Crippen molar-refractivity contribution < 1.29 is 0 Å². The predicted molar refractivity (Wildman–Crippen MR) is 112 cm³/mol. The Labute approximate surface area is 165 Å². The summed E-state index contributed by atoms with van der Waals surface area (Å²) in [7, 11) is 0. The zero-order chi connectivity index (χ0) is 18.9. The maximum Gasteiger partial charge on any atom is 0.0115 e. The SMILES string of the molecule is CC1(C)CN(CC23CC4CC5CC(C)(C2)C45C3)CCC1N.c1ccccc1. The summed E-state index contributed by atoms with van der Waals surface area (Å²) in [5, 5.41) is 0. The van der Waals surface area contributed by atoms with Crippen LogP contribution in [0.2, 0.25) is 0 Å². The molecule has 2 bridgehead atoms. The van der Waals surface area contributed by atoms with Crippen molar-refractivity contribution >= 4 is 0 Å². The van der Waals surface area contributed by atoms with Gasteiger partial charge in [-0.3, -0.25) is 0 Å². The standard InChI is InChI=1S/C19H32N2.C6H6/c1-16(2)11-21(5-4-15(16)20)12-18-8-14-6-13-7-17(3,9-18)19(13,14)10-18;1-2-4-6-5-3-1/h13-15H,4-12,20H2,1-3H3;1-6H. The first-order chi connectivity index (χ1) is 12.8. The number of nitrogens with zero attached hydrogens (tertiary/aromatic N) is 1. The Morgan fingerprint density at radius 1 is 0.926 bits per heavy atom. The highest BCUT2D eigenvalue weighted by molar-refractivity contribution is 5.31. The summed E-state index contributed by atoms with van der Waals surface area (Å²) in [5.74, 6) is 2.23. The molecule has 1 aliphatic heterocycles. The first kappa shape index (κ1) is 18.2. The minimum absolute atomic E-state index is 0.300. The Hall–Kier alpha value is -0.860. The number of nitrogens with two attached hydrogens (primary N) is 1. The number of hydrogen-bond donors (Lipinski definition) is 1. The van der Waals surface area contributed by atoms with Gasteiger partial charge in [0, 0.05) is 19.1 Å². The Balaban J connectivity index is 0.000000230. The second kappa shape index (κ2) is 5.83. The van der Waals surface area contributed by atoms with Crippen LogP contribution in [0.3, 0.4) is 0 Å². The molecule has 0 radical (unpaired) electrons. The van der Waals surface area contributed by atoms with Gasteiger partial charge in [-0.25, -0.2) is 0 Å². The van der Waals surface area contributed by atoms with Gasteiger partial charge in [0.25, 0.3) is 0 Å². The lowest BCUT2D eigenvalue weighted by Gasteiger charge is -2.72. The molecule has 6 rings (SSSR count). The fourth-order valence-corrected chi connectivity index (χ4v) is 8.63. The van der Waals surface area contributed by atoms with Crippen LogP contribution < -0.4 is 5.73 Å². The van der Waals surface area contributed by atoms with Crippen molar-refractivity contribution in [3.05, 3.63) is 36.4 Å². The van der Waals surface area contributed by atoms with Gasteiger partial charge in [0.2, 0.25) is 0 Å². The highest BCUT2D eigenvalue weighted by Gasteiger charge is 2.82. The van der Waals surface area contributed by atoms with Crippen LogP contribution >= 0.6 is 0 Å². The Morgan fingerprint density at radius 3 is 2.07 bits per heavy atom. The predicted octanol–water partition coefficient (Wildman–Crippen LogP) is 4.95. The van der Waals surface area contributed by atoms with Crippen molar-refractivity contribution in [1.82, 2.24) is 4.90 Å². The molecular weight excluding hydrogens is 328 g/mol. The van der Waals surface area contributed by atoms with E-state index in [0.29, 0.717) is 16.9 Å². The Bertz CT molecular complexity index is 673. The largest absolute Gasteiger partial charge is 0.327 e. The number of benzene rings is 1. The molecule has 4 saturated carbocycles. The molecule has 1 heterocycles. The summed E-state index contributed by atoms with van der Waals surface area (Å²) in [6.45, 7) is 11.2. The molecule has 2 nitrogen and oxygen atoms in total. The van der Waals surface area contributed by atoms with E-state index in [4.69, 9.17) is 5.73 Å². The molecular formula is C25H38N2. The van der Waals surface area contributed by atoms with Crippen LogP contribution in [0, 0.1) is 33.5 Å². The van der Waals surface area contributed by atoms with Gasteiger partial charge in [0.15, 0.2) is 0 Å². The Kier molecular flexibility index (Phi) is 3.93. The van der Waals surface area contributed by atoms with E-state index in [9.17, 15) is 0 Å². The molecule has 2 N–H and O–H groups in total. The molecule has 4 aliphatic carbocycles. The van der Waals surface area contributed by atoms with E-state index < -0.39 is 0 Å². The van der Waals surface area contributed by atoms with Crippen molar-refractivity contribution in [2.45, 2.75) is 65.3 Å². The summed E-state index contributed by atoms with van der Waals surface area (Å²) < 4.78 is 0. The minimum Gasteiger partial charge on any atom is -0.327 e. The lowest BCUT2D eigenvalue weighted by atomic mass is 9.32. The van der Waals surface area contributed by atoms with E-state index in [1.165, 1.54) is 32.5 Å². The van der Waals surface area contributed by atoms with Gasteiger partial charge in [0.05, 0.1) is 0 Å². The van der Waals surface area contributed by atoms with Crippen LogP contribution in [0.4, 0.5) is 0 Å². The fourth-order valence-electron chi connectivity index (χ4n) is 8.63. The van der Waals surface area contributed by atoms with E-state index in [1.807, 2.05) is 36.4 Å². The maximum absolute atomic E-state index is 6.33. The molecule has 0 amide bonds. The molecule has 6 atom stereocenters. The number of hydrogen-bond acceptors (Lipinski definition) is 2. The summed E-state index contributed by atoms with van der Waals surface area (Å²) in [5.41, 5.74) is 8.88. The number of rotatable bonds is 2. The molecule has 0 aromatic heterocycles. The highest BCUT2D eigenvalue weighted by Crippen LogP contribution is 2.89. The zero-order valence-electron chi connectivity index (χ0n) is 17.6. The van der Waals surface area contributed by atoms with Crippen molar-refractivity contribution in [3.63, 3.8) is 0 Å². The third kappa shape index (κ3) is 2.52. The fraction of sp³-hybridized carbons (Fsp3) is 0.760. The van der Waals surface area contributed by atoms with Gasteiger partial charge in [-0.05, 0) is 78.6 Å². The normalized spacial score (nSPS) is 48.7. The van der Waals surface area contributed by atoms with Crippen LogP contribution in [-0.4, -0.2) is 30.6 Å². The van der Waals surface area contributed by atoms with Gasteiger partial charge in [0.1, 0.15) is 0 Å². The quantitative estimate of drug-likeness (QED) is 0.802. The Morgan fingerprint density at radius 2 is 1.56 bits per heavy atom. The van der Waals surface area contributed by atoms with Crippen molar-refractivity contribution in [3.8, 4) is 0 Å². The smallest absolute Gasteiger partial charge is 0.0115 e. The maximum atomic E-state index is 6.33. The van der Waals surface area contributed by atoms with Gasteiger partial charge in [-0.2, -0.15) is 0 Å². The molecule has 148 valence electrons. The number of likely N-dealkylation sites (tertiary alicyclic amines) is 1. The summed E-state index contributed by atoms with van der Waals surface area (Å²) in [6.07, 6.45) is 9.00. The average molecular weight is 367 g/mol. The zero-order valence-corrected chi connectivity index (χ0v) is 17.6. The average Bonchev–Trinajstić information content (AvgIpc) is 3.03. The van der Waals surface area contributed by atoms with Gasteiger partial charge in [-0.1, -0.05) is 57.2 Å². The van der Waals surface area contributed by atoms with Crippen molar-refractivity contribution in [2.24, 2.45) is 39.2 Å². The lowest BCUT2D eigenvalue weighted by Crippen LogP contribution is -2.65. The van der Waals surface area contributed by atoms with E-state index >= 15 is 0 Å². The first-order valence-corrected chi connectivity index (χ1v) is 11.3. The van der Waals surface area contributed by atoms with Gasteiger partial charge >= 0.3 is 0 Å². The monoisotopic (exact) mass is 366 g/mol. The third-order valence-electron chi connectivity index (χ3n) is 9.58. The van der Waals surface area contributed by atoms with Crippen molar-refractivity contribution in [2.75, 3.05) is 19.6 Å². The molecule has 27 heavy (non-hydrogen) atoms. The second-order valence-electron chi connectivity index (χ2n) is 11.7. The lowest BCUT2D eigenvalue weighted by molar-refractivity contribution is -0.237. The van der Waals surface area contributed by atoms with Crippen LogP contribution in [0.1, 0.15) is 59.3 Å². The molecule has 6 unspecified atom stereocenters. The second-order valence-corrected chi connectivity index (χ2v) is 11.7. The van der Waals surface area contributed by atoms with E-state index in [0.717, 1.165) is 22.7 Å². The molecule has 1 aromatic rings. The van der Waals surface area contributed by atoms with Crippen LogP contribution in [0.25, 0.3) is 0 Å². The number of fused-ring (bicyclic) bond motifs is 1. The summed E-state index contributed by atoms with van der Waals surface area (Å²) in [4.78, 5) is 2.79. The summed E-state index contributed by atoms with van der Waals surface area (Å²) >= 11 is 0. The molecule has 1 aromatic carbocycles. The van der Waals surface area contributed by atoms with Gasteiger partial charge < -0.3 is 10.6 Å². The van der Waals surface area contributed by atoms with E-state index in [2.05, 4.69) is 25.7 Å². The summed E-state index contributed by atoms with van der Waals surface area (Å²) in [6, 6.07) is 12.4. The first-order valence-electron chi connectivity index (χ1n) is 11.3. The molecule has 1 saturated heterocycles. The molecule has 2 heteroatoms. The molecule has 1 spiro atoms. The van der Waals surface area contributed by atoms with Crippen LogP contribution in [0.5, 0.6) is 0 Å². The van der Waals surface area contributed by atoms with Gasteiger partial charge in [-0.15, -0.1) is 0 Å². The number of piperidine rings is 1. The van der Waals surface area contributed by atoms with Crippen LogP contribution in [0.15, 0.2) is 36.4 Å². The highest BCUT2D eigenvalue weighted by atomic mass is 15.2. The molecule has 5 aliphatic rings. The third-order valence-corrected chi connectivity index (χ3v) is 9.58. The van der Waals surface area contributed by atoms with Crippen LogP contribution in [-0.2, 0) is 0 Å². The van der Waals surface area contributed by atoms with E-state index in [-0.39, 0.29) is 0 Å². The van der Waals surface area contributed by atoms with E-state index in [1.54, 1.807) is 25.7 Å². The van der Waals surface area contributed by atoms with Crippen molar-refractivity contribution in [1.29, 1.82) is 0 Å².